The maximum absolute atomic E-state index is 6.09. The van der Waals surface area contributed by atoms with Crippen molar-refractivity contribution in [2.45, 2.75) is 13.3 Å². The molecule has 1 aromatic rings. The van der Waals surface area contributed by atoms with Crippen molar-refractivity contribution in [1.82, 2.24) is 5.32 Å². The van der Waals surface area contributed by atoms with Crippen LogP contribution in [0.2, 0.25) is 0 Å². The Morgan fingerprint density at radius 1 is 1.41 bits per heavy atom. The van der Waals surface area contributed by atoms with Gasteiger partial charge < -0.3 is 20.7 Å². The van der Waals surface area contributed by atoms with Gasteiger partial charge in [-0.25, -0.2) is 0 Å². The maximum Gasteiger partial charge on any atom is 0.144 e. The van der Waals surface area contributed by atoms with Gasteiger partial charge in [0.1, 0.15) is 5.75 Å². The van der Waals surface area contributed by atoms with E-state index in [1.165, 1.54) is 0 Å². The molecule has 0 radical (unpaired) electrons. The van der Waals surface area contributed by atoms with E-state index in [1.54, 1.807) is 0 Å². The van der Waals surface area contributed by atoms with Gasteiger partial charge in [-0.1, -0.05) is 6.07 Å². The number of nitrogens with two attached hydrogens (primary N) is 1. The van der Waals surface area contributed by atoms with Crippen molar-refractivity contribution in [2.75, 3.05) is 44.4 Å². The summed E-state index contributed by atoms with van der Waals surface area (Å²) in [4.78, 5) is 2.16. The largest absolute Gasteiger partial charge is 0.492 e. The van der Waals surface area contributed by atoms with Gasteiger partial charge in [-0.15, -0.1) is 0 Å². The van der Waals surface area contributed by atoms with Crippen LogP contribution in [0.25, 0.3) is 0 Å². The Morgan fingerprint density at radius 3 is 2.82 bits per heavy atom. The molecule has 96 valence electrons. The lowest BCUT2D eigenvalue weighted by molar-refractivity contribution is 0.342. The smallest absolute Gasteiger partial charge is 0.144 e. The number of anilines is 2. The van der Waals surface area contributed by atoms with Gasteiger partial charge in [0, 0.05) is 13.6 Å². The van der Waals surface area contributed by atoms with Crippen molar-refractivity contribution in [3.63, 3.8) is 0 Å². The zero-order valence-electron chi connectivity index (χ0n) is 11.0. The van der Waals surface area contributed by atoms with Crippen molar-refractivity contribution >= 4 is 11.4 Å². The molecule has 0 atom stereocenters. The van der Waals surface area contributed by atoms with Gasteiger partial charge in [-0.05, 0) is 39.1 Å². The first-order chi connectivity index (χ1) is 8.20. The summed E-state index contributed by atoms with van der Waals surface area (Å²) in [6, 6.07) is 5.91. The average Bonchev–Trinajstić information content (AvgIpc) is 2.32. The molecule has 0 heterocycles. The van der Waals surface area contributed by atoms with Gasteiger partial charge in [0.25, 0.3) is 0 Å². The molecule has 0 aliphatic carbocycles. The fourth-order valence-electron chi connectivity index (χ4n) is 1.76. The summed E-state index contributed by atoms with van der Waals surface area (Å²) >= 11 is 0. The molecule has 1 aromatic carbocycles. The van der Waals surface area contributed by atoms with Crippen LogP contribution in [0.3, 0.4) is 0 Å². The van der Waals surface area contributed by atoms with Gasteiger partial charge >= 0.3 is 0 Å². The first-order valence-corrected chi connectivity index (χ1v) is 6.07. The number of hydrogen-bond donors (Lipinski definition) is 2. The van der Waals surface area contributed by atoms with Crippen LogP contribution in [0, 0.1) is 0 Å². The summed E-state index contributed by atoms with van der Waals surface area (Å²) < 4.78 is 5.49. The van der Waals surface area contributed by atoms with E-state index in [2.05, 4.69) is 17.3 Å². The minimum absolute atomic E-state index is 0.636. The van der Waals surface area contributed by atoms with E-state index in [0.29, 0.717) is 6.61 Å². The van der Waals surface area contributed by atoms with E-state index in [-0.39, 0.29) is 0 Å². The summed E-state index contributed by atoms with van der Waals surface area (Å²) in [5.74, 6) is 0.769. The van der Waals surface area contributed by atoms with Crippen LogP contribution < -0.4 is 20.7 Å². The third kappa shape index (κ3) is 3.82. The zero-order chi connectivity index (χ0) is 12.7. The molecule has 0 bridgehead atoms. The van der Waals surface area contributed by atoms with E-state index in [0.717, 1.165) is 36.6 Å². The second-order valence-electron chi connectivity index (χ2n) is 4.00. The van der Waals surface area contributed by atoms with Gasteiger partial charge in [0.15, 0.2) is 0 Å². The van der Waals surface area contributed by atoms with Crippen molar-refractivity contribution in [2.24, 2.45) is 0 Å². The van der Waals surface area contributed by atoms with Crippen LogP contribution in [-0.4, -0.2) is 33.8 Å². The second kappa shape index (κ2) is 7.01. The van der Waals surface area contributed by atoms with Crippen LogP contribution in [0.15, 0.2) is 18.2 Å². The fourth-order valence-corrected chi connectivity index (χ4v) is 1.76. The number of hydrogen-bond acceptors (Lipinski definition) is 4. The summed E-state index contributed by atoms with van der Waals surface area (Å²) in [6.45, 7) is 4.58. The van der Waals surface area contributed by atoms with E-state index in [4.69, 9.17) is 10.5 Å². The molecular weight excluding hydrogens is 214 g/mol. The Bertz CT molecular complexity index is 341. The van der Waals surface area contributed by atoms with Gasteiger partial charge in [-0.3, -0.25) is 0 Å². The highest BCUT2D eigenvalue weighted by Gasteiger charge is 2.09. The molecule has 0 aliphatic rings. The number of nitrogens with zero attached hydrogens (tertiary/aromatic N) is 1. The van der Waals surface area contributed by atoms with Crippen LogP contribution in [0.5, 0.6) is 5.75 Å². The molecule has 0 saturated heterocycles. The van der Waals surface area contributed by atoms with Crippen molar-refractivity contribution in [3.05, 3.63) is 18.2 Å². The number of nitrogen functional groups attached to an aromatic ring is 1. The Labute approximate surface area is 104 Å². The quantitative estimate of drug-likeness (QED) is 0.560. The molecule has 1 rings (SSSR count). The number of benzene rings is 1. The topological polar surface area (TPSA) is 50.5 Å². The highest BCUT2D eigenvalue weighted by Crippen LogP contribution is 2.31. The van der Waals surface area contributed by atoms with Crippen LogP contribution in [0.4, 0.5) is 11.4 Å². The van der Waals surface area contributed by atoms with E-state index in [1.807, 2.05) is 32.2 Å². The predicted molar refractivity (Wildman–Crippen MR) is 73.8 cm³/mol. The highest BCUT2D eigenvalue weighted by molar-refractivity contribution is 5.73. The van der Waals surface area contributed by atoms with Crippen LogP contribution in [0.1, 0.15) is 13.3 Å². The molecule has 0 unspecified atom stereocenters. The molecular formula is C13H23N3O. The Morgan fingerprint density at radius 2 is 2.18 bits per heavy atom. The molecule has 4 nitrogen and oxygen atoms in total. The summed E-state index contributed by atoms with van der Waals surface area (Å²) in [5.41, 5.74) is 7.85. The number of ether oxygens (including phenoxy) is 1. The molecule has 0 spiro atoms. The van der Waals surface area contributed by atoms with Crippen molar-refractivity contribution in [3.8, 4) is 5.75 Å². The SMILES string of the molecule is CCOc1cccc(N(C)CCCNC)c1N. The monoisotopic (exact) mass is 237 g/mol. The lowest BCUT2D eigenvalue weighted by atomic mass is 10.2. The Hall–Kier alpha value is -1.42. The molecule has 0 aromatic heterocycles. The molecule has 0 aliphatic heterocycles. The summed E-state index contributed by atoms with van der Waals surface area (Å²) in [6.07, 6.45) is 1.09. The minimum Gasteiger partial charge on any atom is -0.492 e. The van der Waals surface area contributed by atoms with Crippen molar-refractivity contribution in [1.29, 1.82) is 0 Å². The van der Waals surface area contributed by atoms with Crippen LogP contribution in [-0.2, 0) is 0 Å². The third-order valence-electron chi connectivity index (χ3n) is 2.67. The highest BCUT2D eigenvalue weighted by atomic mass is 16.5. The molecule has 3 N–H and O–H groups in total. The van der Waals surface area contributed by atoms with E-state index < -0.39 is 0 Å². The minimum atomic E-state index is 0.636. The average molecular weight is 237 g/mol. The van der Waals surface area contributed by atoms with Crippen molar-refractivity contribution < 1.29 is 4.74 Å². The molecule has 17 heavy (non-hydrogen) atoms. The van der Waals surface area contributed by atoms with Gasteiger partial charge in [0.05, 0.1) is 18.0 Å². The molecule has 0 fully saturated rings. The van der Waals surface area contributed by atoms with Gasteiger partial charge in [0.2, 0.25) is 0 Å². The first kappa shape index (κ1) is 13.6. The maximum atomic E-state index is 6.09. The fraction of sp³-hybridized carbons (Fsp3) is 0.538. The summed E-state index contributed by atoms with van der Waals surface area (Å²) in [5, 5.41) is 3.14. The van der Waals surface area contributed by atoms with E-state index >= 15 is 0 Å². The number of rotatable bonds is 7. The summed E-state index contributed by atoms with van der Waals surface area (Å²) in [7, 11) is 4.02. The lowest BCUT2D eigenvalue weighted by Crippen LogP contribution is -2.23. The lowest BCUT2D eigenvalue weighted by Gasteiger charge is -2.22. The number of para-hydroxylation sites is 1. The predicted octanol–water partition coefficient (Wildman–Crippen LogP) is 1.71. The Kier molecular flexibility index (Phi) is 5.63. The van der Waals surface area contributed by atoms with Gasteiger partial charge in [-0.2, -0.15) is 0 Å². The molecule has 0 amide bonds. The number of nitrogens with one attached hydrogen (secondary N) is 1. The molecule has 4 heteroatoms. The van der Waals surface area contributed by atoms with Crippen LogP contribution >= 0.6 is 0 Å². The normalized spacial score (nSPS) is 10.3. The molecule has 0 saturated carbocycles. The van der Waals surface area contributed by atoms with E-state index in [9.17, 15) is 0 Å². The third-order valence-corrected chi connectivity index (χ3v) is 2.67. The second-order valence-corrected chi connectivity index (χ2v) is 4.00. The Balaban J connectivity index is 2.72. The first-order valence-electron chi connectivity index (χ1n) is 6.07. The zero-order valence-corrected chi connectivity index (χ0v) is 11.0. The standard InChI is InChI=1S/C13H23N3O/c1-4-17-12-8-5-7-11(13(12)14)16(3)10-6-9-15-2/h5,7-8,15H,4,6,9-10,14H2,1-3H3.